The molecule has 2 aromatic carbocycles. The number of nitriles is 1. The molecular weight excluding hydrogens is 450 g/mol. The zero-order valence-corrected chi connectivity index (χ0v) is 20.2. The van der Waals surface area contributed by atoms with E-state index in [1.165, 1.54) is 0 Å². The van der Waals surface area contributed by atoms with Crippen molar-refractivity contribution in [2.45, 2.75) is 31.9 Å². The number of thioether (sulfide) groups is 1. The predicted molar refractivity (Wildman–Crippen MR) is 132 cm³/mol. The number of hydrogen-bond acceptors (Lipinski definition) is 7. The molecule has 3 aromatic rings. The predicted octanol–water partition coefficient (Wildman–Crippen LogP) is 5.23. The number of nitrogens with one attached hydrogen (secondary N) is 1. The standard InChI is InChI=1S/C26H25N3O4S/c1-16(2)33-22(30)15-34-26-21(14-27)24(18-10-12-20(32-4)13-11-18)23(17(3)28-26)25(31)29-19-8-6-5-7-9-19/h5-13,16H,15H2,1-4H3,(H,29,31). The van der Waals surface area contributed by atoms with Crippen LogP contribution in [0.15, 0.2) is 59.6 Å². The largest absolute Gasteiger partial charge is 0.497 e. The number of para-hydroxylation sites is 1. The molecule has 0 saturated carbocycles. The Balaban J connectivity index is 2.11. The Bertz CT molecular complexity index is 1220. The number of nitrogens with zero attached hydrogens (tertiary/aromatic N) is 2. The zero-order valence-electron chi connectivity index (χ0n) is 19.4. The van der Waals surface area contributed by atoms with Crippen LogP contribution in [0.5, 0.6) is 5.75 Å². The Morgan fingerprint density at radius 3 is 2.38 bits per heavy atom. The van der Waals surface area contributed by atoms with Crippen molar-refractivity contribution < 1.29 is 19.1 Å². The molecule has 0 spiro atoms. The van der Waals surface area contributed by atoms with E-state index in [4.69, 9.17) is 9.47 Å². The Kier molecular flexibility index (Phi) is 8.28. The second-order valence-corrected chi connectivity index (χ2v) is 8.58. The highest BCUT2D eigenvalue weighted by atomic mass is 32.2. The van der Waals surface area contributed by atoms with Crippen molar-refractivity contribution in [3.05, 3.63) is 71.4 Å². The summed E-state index contributed by atoms with van der Waals surface area (Å²) < 4.78 is 10.4. The Morgan fingerprint density at radius 2 is 1.79 bits per heavy atom. The van der Waals surface area contributed by atoms with Gasteiger partial charge in [0.05, 0.1) is 35.8 Å². The van der Waals surface area contributed by atoms with Gasteiger partial charge < -0.3 is 14.8 Å². The first kappa shape index (κ1) is 24.8. The summed E-state index contributed by atoms with van der Waals surface area (Å²) in [6, 6.07) is 18.4. The highest BCUT2D eigenvalue weighted by molar-refractivity contribution is 7.99. The first-order valence-corrected chi connectivity index (χ1v) is 11.6. The molecule has 0 fully saturated rings. The van der Waals surface area contributed by atoms with Gasteiger partial charge in [-0.05, 0) is 50.6 Å². The number of amides is 1. The number of aryl methyl sites for hydroxylation is 1. The maximum atomic E-state index is 13.4. The maximum Gasteiger partial charge on any atom is 0.316 e. The molecule has 174 valence electrons. The van der Waals surface area contributed by atoms with E-state index in [0.29, 0.717) is 38.8 Å². The molecule has 0 aliphatic heterocycles. The Hall–Kier alpha value is -3.83. The quantitative estimate of drug-likeness (QED) is 0.351. The van der Waals surface area contributed by atoms with Gasteiger partial charge in [-0.25, -0.2) is 4.98 Å². The van der Waals surface area contributed by atoms with Crippen molar-refractivity contribution in [1.29, 1.82) is 5.26 Å². The van der Waals surface area contributed by atoms with Gasteiger partial charge in [-0.3, -0.25) is 9.59 Å². The lowest BCUT2D eigenvalue weighted by molar-refractivity contribution is -0.144. The molecule has 1 aromatic heterocycles. The molecule has 0 aliphatic rings. The van der Waals surface area contributed by atoms with E-state index < -0.39 is 5.97 Å². The minimum absolute atomic E-state index is 0.00306. The van der Waals surface area contributed by atoms with Crippen LogP contribution in [-0.4, -0.2) is 35.8 Å². The van der Waals surface area contributed by atoms with Gasteiger partial charge in [-0.2, -0.15) is 5.26 Å². The number of ether oxygens (including phenoxy) is 2. The molecule has 34 heavy (non-hydrogen) atoms. The molecular formula is C26H25N3O4S. The molecule has 8 heteroatoms. The van der Waals surface area contributed by atoms with Gasteiger partial charge in [0.2, 0.25) is 0 Å². The molecule has 0 radical (unpaired) electrons. The Labute approximate surface area is 203 Å². The number of aromatic nitrogens is 1. The van der Waals surface area contributed by atoms with Crippen molar-refractivity contribution in [2.24, 2.45) is 0 Å². The number of esters is 1. The topological polar surface area (TPSA) is 101 Å². The summed E-state index contributed by atoms with van der Waals surface area (Å²) in [7, 11) is 1.57. The third-order valence-electron chi connectivity index (χ3n) is 4.79. The van der Waals surface area contributed by atoms with Crippen LogP contribution in [0.4, 0.5) is 5.69 Å². The SMILES string of the molecule is COc1ccc(-c2c(C#N)c(SCC(=O)OC(C)C)nc(C)c2C(=O)Nc2ccccc2)cc1. The van der Waals surface area contributed by atoms with E-state index in [9.17, 15) is 14.9 Å². The fourth-order valence-electron chi connectivity index (χ4n) is 3.35. The first-order chi connectivity index (χ1) is 16.3. The molecule has 7 nitrogen and oxygen atoms in total. The lowest BCUT2D eigenvalue weighted by atomic mass is 9.94. The molecule has 0 unspecified atom stereocenters. The second kappa shape index (κ2) is 11.3. The lowest BCUT2D eigenvalue weighted by Crippen LogP contribution is -2.18. The second-order valence-electron chi connectivity index (χ2n) is 7.62. The molecule has 1 N–H and O–H groups in total. The molecule has 3 rings (SSSR count). The number of carbonyl (C=O) groups is 2. The van der Waals surface area contributed by atoms with Gasteiger partial charge in [0.25, 0.3) is 5.91 Å². The van der Waals surface area contributed by atoms with Crippen LogP contribution in [0.25, 0.3) is 11.1 Å². The third kappa shape index (κ3) is 5.94. The summed E-state index contributed by atoms with van der Waals surface area (Å²) in [4.78, 5) is 30.0. The summed E-state index contributed by atoms with van der Waals surface area (Å²) in [5.41, 5.74) is 2.69. The van der Waals surface area contributed by atoms with Crippen LogP contribution in [0.1, 0.15) is 35.5 Å². The fourth-order valence-corrected chi connectivity index (χ4v) is 4.16. The highest BCUT2D eigenvalue weighted by Gasteiger charge is 2.25. The molecule has 0 atom stereocenters. The van der Waals surface area contributed by atoms with Gasteiger partial charge in [0.1, 0.15) is 16.8 Å². The maximum absolute atomic E-state index is 13.4. The number of benzene rings is 2. The molecule has 0 bridgehead atoms. The molecule has 1 heterocycles. The summed E-state index contributed by atoms with van der Waals surface area (Å²) in [6.07, 6.45) is -0.239. The number of pyridine rings is 1. The summed E-state index contributed by atoms with van der Waals surface area (Å²) >= 11 is 1.11. The van der Waals surface area contributed by atoms with Crippen molar-refractivity contribution >= 4 is 29.3 Å². The van der Waals surface area contributed by atoms with Gasteiger partial charge in [-0.15, -0.1) is 0 Å². The Morgan fingerprint density at radius 1 is 1.12 bits per heavy atom. The summed E-state index contributed by atoms with van der Waals surface area (Å²) in [5, 5.41) is 13.3. The average Bonchev–Trinajstić information content (AvgIpc) is 2.82. The van der Waals surface area contributed by atoms with Gasteiger partial charge >= 0.3 is 5.97 Å². The van der Waals surface area contributed by atoms with Crippen molar-refractivity contribution in [2.75, 3.05) is 18.2 Å². The van der Waals surface area contributed by atoms with Crippen LogP contribution in [-0.2, 0) is 9.53 Å². The smallest absolute Gasteiger partial charge is 0.316 e. The molecule has 1 amide bonds. The lowest BCUT2D eigenvalue weighted by Gasteiger charge is -2.17. The minimum Gasteiger partial charge on any atom is -0.497 e. The first-order valence-electron chi connectivity index (χ1n) is 10.6. The van der Waals surface area contributed by atoms with Crippen LogP contribution in [0.2, 0.25) is 0 Å². The van der Waals surface area contributed by atoms with E-state index in [0.717, 1.165) is 11.8 Å². The number of hydrogen-bond donors (Lipinski definition) is 1. The van der Waals surface area contributed by atoms with Crippen molar-refractivity contribution in [3.8, 4) is 22.9 Å². The highest BCUT2D eigenvalue weighted by Crippen LogP contribution is 2.36. The van der Waals surface area contributed by atoms with Crippen molar-refractivity contribution in [1.82, 2.24) is 4.98 Å². The number of anilines is 1. The van der Waals surface area contributed by atoms with Crippen LogP contribution >= 0.6 is 11.8 Å². The average molecular weight is 476 g/mol. The normalized spacial score (nSPS) is 10.5. The minimum atomic E-state index is -0.403. The van der Waals surface area contributed by atoms with Crippen molar-refractivity contribution in [3.63, 3.8) is 0 Å². The van der Waals surface area contributed by atoms with E-state index >= 15 is 0 Å². The van der Waals surface area contributed by atoms with Crippen LogP contribution < -0.4 is 10.1 Å². The van der Waals surface area contributed by atoms with E-state index in [-0.39, 0.29) is 23.3 Å². The number of methoxy groups -OCH3 is 1. The van der Waals surface area contributed by atoms with Gasteiger partial charge in [-0.1, -0.05) is 42.1 Å². The van der Waals surface area contributed by atoms with Gasteiger partial charge in [0, 0.05) is 11.3 Å². The monoisotopic (exact) mass is 475 g/mol. The van der Waals surface area contributed by atoms with E-state index in [1.807, 2.05) is 18.2 Å². The number of rotatable bonds is 8. The van der Waals surface area contributed by atoms with Crippen LogP contribution in [0, 0.1) is 18.3 Å². The van der Waals surface area contributed by atoms with Gasteiger partial charge in [0.15, 0.2) is 0 Å². The summed E-state index contributed by atoms with van der Waals surface area (Å²) in [6.45, 7) is 5.26. The fraction of sp³-hybridized carbons (Fsp3) is 0.231. The zero-order chi connectivity index (χ0) is 24.7. The summed E-state index contributed by atoms with van der Waals surface area (Å²) in [5.74, 6) is -0.138. The number of carbonyl (C=O) groups excluding carboxylic acids is 2. The third-order valence-corrected chi connectivity index (χ3v) is 5.74. The van der Waals surface area contributed by atoms with E-state index in [1.54, 1.807) is 64.3 Å². The van der Waals surface area contributed by atoms with E-state index in [2.05, 4.69) is 16.4 Å². The molecule has 0 aliphatic carbocycles. The molecule has 0 saturated heterocycles. The van der Waals surface area contributed by atoms with Crippen LogP contribution in [0.3, 0.4) is 0 Å².